The second-order valence-corrected chi connectivity index (χ2v) is 22.5. The Hall–Kier alpha value is -8.17. The minimum absolute atomic E-state index is 0.112. The molecule has 2 aromatic rings. The number of carbonyl (C=O) groups is 11. The minimum Gasteiger partial charge on any atom is -0.478 e. The van der Waals surface area contributed by atoms with E-state index in [1.807, 2.05) is 50.3 Å². The summed E-state index contributed by atoms with van der Waals surface area (Å²) in [6.45, 7) is 15.1. The molecular formula is C62H87N5O22. The molecule has 0 aliphatic carbocycles. The first-order valence-corrected chi connectivity index (χ1v) is 29.2. The Bertz CT molecular complexity index is 2860. The van der Waals surface area contributed by atoms with Gasteiger partial charge in [-0.25, -0.2) is 19.2 Å². The van der Waals surface area contributed by atoms with E-state index in [9.17, 15) is 57.8 Å². The van der Waals surface area contributed by atoms with Crippen LogP contribution in [0.3, 0.4) is 0 Å². The number of hydrogen-bond acceptors (Lipinski definition) is 21. The molecule has 2 aliphatic rings. The third-order valence-electron chi connectivity index (χ3n) is 15.4. The number of nitrogens with one attached hydrogen (secondary N) is 2. The maximum absolute atomic E-state index is 14.8. The van der Waals surface area contributed by atoms with Gasteiger partial charge in [0.1, 0.15) is 42.1 Å². The molecule has 2 aliphatic heterocycles. The highest BCUT2D eigenvalue weighted by molar-refractivity contribution is 5.93. The van der Waals surface area contributed by atoms with Gasteiger partial charge in [-0.05, 0) is 47.4 Å². The molecular weight excluding hydrogens is 1170 g/mol. The molecule has 1 saturated heterocycles. The smallest absolute Gasteiger partial charge is 0.410 e. The predicted octanol–water partition coefficient (Wildman–Crippen LogP) is 4.14. The van der Waals surface area contributed by atoms with Crippen LogP contribution in [0.1, 0.15) is 110 Å². The first kappa shape index (κ1) is 73.3. The van der Waals surface area contributed by atoms with Gasteiger partial charge in [-0.1, -0.05) is 97.4 Å². The fourth-order valence-corrected chi connectivity index (χ4v) is 10.8. The van der Waals surface area contributed by atoms with Crippen molar-refractivity contribution < 1.29 is 105 Å². The summed E-state index contributed by atoms with van der Waals surface area (Å²) in [6.07, 6.45) is -8.85. The second kappa shape index (κ2) is 34.0. The van der Waals surface area contributed by atoms with Crippen LogP contribution in [0.5, 0.6) is 5.75 Å². The second-order valence-electron chi connectivity index (χ2n) is 22.5. The number of aromatic carboxylic acids is 1. The van der Waals surface area contributed by atoms with Crippen LogP contribution >= 0.6 is 0 Å². The molecule has 0 saturated carbocycles. The number of hydrogen-bond donors (Lipinski definition) is 3. The van der Waals surface area contributed by atoms with Crippen molar-refractivity contribution in [1.29, 1.82) is 0 Å². The van der Waals surface area contributed by atoms with Crippen LogP contribution in [0.25, 0.3) is 0 Å². The van der Waals surface area contributed by atoms with Crippen molar-refractivity contribution in [2.75, 3.05) is 49.1 Å². The van der Waals surface area contributed by atoms with Crippen molar-refractivity contribution in [3.05, 3.63) is 77.0 Å². The Morgan fingerprint density at radius 1 is 0.730 bits per heavy atom. The topological polar surface area (TPSA) is 334 Å². The SMILES string of the molecule is CCC(C)[C@@H]([C@@H](CC(=O)N1CCC=C1[C@H](OC)[C@@H](C)C(=O)N[C@@H](Cc1ccccc1)C(=O)OC)OC)N(C)C(=O)[C@@H](NC(=O)[C@H](C(C)C)N(C)C(=O)OCc1ccc(O[C@@H]2O[C@H](C(=O)OC)[C@@H](OC(C)=O)[C@H](OC(C)=O)[C@H]2OC(C)=O)c(C(=O)O)c1)C(C)C. The van der Waals surface area contributed by atoms with E-state index in [0.29, 0.717) is 18.5 Å². The number of ether oxygens (including phenoxy) is 10. The molecule has 89 heavy (non-hydrogen) atoms. The van der Waals surface area contributed by atoms with Crippen LogP contribution in [-0.4, -0.2) is 202 Å². The average molecular weight is 1250 g/mol. The highest BCUT2D eigenvalue weighted by Gasteiger charge is 2.56. The monoisotopic (exact) mass is 1250 g/mol. The lowest BCUT2D eigenvalue weighted by Crippen LogP contribution is -2.64. The average Bonchev–Trinajstić information content (AvgIpc) is 2.00. The molecule has 0 bridgehead atoms. The minimum atomic E-state index is -1.89. The number of amides is 5. The molecule has 3 N–H and O–H groups in total. The number of carboxylic acids is 1. The molecule has 27 nitrogen and oxygen atoms in total. The quantitative estimate of drug-likeness (QED) is 0.0731. The van der Waals surface area contributed by atoms with Crippen molar-refractivity contribution in [1.82, 2.24) is 25.3 Å². The molecule has 0 spiro atoms. The number of nitrogens with zero attached hydrogens (tertiary/aromatic N) is 3. The van der Waals surface area contributed by atoms with E-state index >= 15 is 0 Å². The number of carboxylic acid groups (broad SMARTS) is 1. The molecule has 5 amide bonds. The number of esters is 5. The fraction of sp³-hybridized carbons (Fsp3) is 0.597. The predicted molar refractivity (Wildman–Crippen MR) is 315 cm³/mol. The zero-order valence-electron chi connectivity index (χ0n) is 53.5. The van der Waals surface area contributed by atoms with Gasteiger partial charge in [-0.3, -0.25) is 38.5 Å². The first-order chi connectivity index (χ1) is 42.0. The Kier molecular flexibility index (Phi) is 28.0. The number of rotatable bonds is 30. The molecule has 1 fully saturated rings. The zero-order valence-corrected chi connectivity index (χ0v) is 53.5. The fourth-order valence-electron chi connectivity index (χ4n) is 10.8. The van der Waals surface area contributed by atoms with E-state index in [4.69, 9.17) is 47.4 Å². The molecule has 2 aromatic carbocycles. The largest absolute Gasteiger partial charge is 0.478 e. The molecule has 1 unspecified atom stereocenters. The Morgan fingerprint density at radius 2 is 1.35 bits per heavy atom. The molecule has 2 heterocycles. The Labute approximate surface area is 518 Å². The van der Waals surface area contributed by atoms with Crippen LogP contribution in [0.4, 0.5) is 4.79 Å². The van der Waals surface area contributed by atoms with E-state index in [1.165, 1.54) is 39.3 Å². The summed E-state index contributed by atoms with van der Waals surface area (Å²) < 4.78 is 55.1. The maximum Gasteiger partial charge on any atom is 0.410 e. The van der Waals surface area contributed by atoms with Gasteiger partial charge in [-0.2, -0.15) is 0 Å². The standard InChI is InChI=1S/C62H87N5O22/c1-17-34(6)49(45(80-13)30-46(71)67-27-21-24-43(67)50(81-14)35(7)55(72)63-42(59(77)82-15)29-39-22-19-18-20-23-39)65(11)57(74)47(32(2)3)64-56(73)48(33(4)5)66(12)62(79)84-31-40-25-26-44(41(28-40)58(75)76)88-61-54(87-38(10)70)52(86-37(9)69)51(85-36(8)68)53(89-61)60(78)83-16/h18-20,22-26,28,32-35,42,45,47-54,61H,17,21,27,29-31H2,1-16H3,(H,63,72)(H,64,73)(H,75,76)/t34?,35-,42+,45-,47+,48+,49+,50-,51+,52+,53+,54-,61-/m1/s1. The third kappa shape index (κ3) is 19.4. The van der Waals surface area contributed by atoms with Crippen LogP contribution in [0.2, 0.25) is 0 Å². The summed E-state index contributed by atoms with van der Waals surface area (Å²) in [5.41, 5.74) is 0.836. The van der Waals surface area contributed by atoms with Crippen molar-refractivity contribution >= 4 is 65.5 Å². The van der Waals surface area contributed by atoms with Gasteiger partial charge < -0.3 is 72.9 Å². The van der Waals surface area contributed by atoms with Crippen molar-refractivity contribution in [2.45, 2.75) is 169 Å². The maximum atomic E-state index is 14.8. The normalized spacial score (nSPS) is 19.9. The van der Waals surface area contributed by atoms with Crippen LogP contribution in [0, 0.1) is 23.7 Å². The molecule has 492 valence electrons. The Morgan fingerprint density at radius 3 is 1.89 bits per heavy atom. The third-order valence-corrected chi connectivity index (χ3v) is 15.4. The van der Waals surface area contributed by atoms with Gasteiger partial charge in [-0.15, -0.1) is 0 Å². The van der Waals surface area contributed by atoms with E-state index < -0.39 is 162 Å². The summed E-state index contributed by atoms with van der Waals surface area (Å²) in [5.74, 6) is -10.8. The lowest BCUT2D eigenvalue weighted by Gasteiger charge is -2.43. The summed E-state index contributed by atoms with van der Waals surface area (Å²) in [6, 6.07) is 8.64. The van der Waals surface area contributed by atoms with Gasteiger partial charge in [0.15, 0.2) is 18.3 Å². The summed E-state index contributed by atoms with van der Waals surface area (Å²) in [7, 11) is 8.00. The highest BCUT2D eigenvalue weighted by atomic mass is 16.7. The van der Waals surface area contributed by atoms with E-state index in [-0.39, 0.29) is 36.8 Å². The molecule has 0 aromatic heterocycles. The number of methoxy groups -OCH3 is 4. The van der Waals surface area contributed by atoms with Crippen molar-refractivity contribution in [2.24, 2.45) is 23.7 Å². The van der Waals surface area contributed by atoms with E-state index in [1.54, 1.807) is 46.6 Å². The zero-order chi connectivity index (χ0) is 66.7. The van der Waals surface area contributed by atoms with Crippen molar-refractivity contribution in [3.63, 3.8) is 0 Å². The van der Waals surface area contributed by atoms with Gasteiger partial charge in [0.2, 0.25) is 36.0 Å². The molecule has 4 rings (SSSR count). The lowest BCUT2D eigenvalue weighted by molar-refractivity contribution is -0.282. The highest BCUT2D eigenvalue weighted by Crippen LogP contribution is 2.34. The number of benzene rings is 2. The Balaban J connectivity index is 1.50. The van der Waals surface area contributed by atoms with Gasteiger partial charge in [0.25, 0.3) is 0 Å². The number of likely N-dealkylation sites (N-methyl/N-ethyl adjacent to an activating group) is 2. The van der Waals surface area contributed by atoms with E-state index in [2.05, 4.69) is 10.6 Å². The summed E-state index contributed by atoms with van der Waals surface area (Å²) >= 11 is 0. The van der Waals surface area contributed by atoms with Crippen LogP contribution in [0.15, 0.2) is 60.3 Å². The molecule has 13 atom stereocenters. The molecule has 0 radical (unpaired) electrons. The van der Waals surface area contributed by atoms with Crippen LogP contribution < -0.4 is 15.4 Å². The van der Waals surface area contributed by atoms with Gasteiger partial charge in [0.05, 0.1) is 38.7 Å². The van der Waals surface area contributed by atoms with E-state index in [0.717, 1.165) is 50.5 Å². The van der Waals surface area contributed by atoms with Gasteiger partial charge in [0, 0.05) is 67.7 Å². The molecule has 27 heteroatoms. The van der Waals surface area contributed by atoms with Crippen LogP contribution in [-0.2, 0) is 98.8 Å². The first-order valence-electron chi connectivity index (χ1n) is 29.2. The lowest BCUT2D eigenvalue weighted by atomic mass is 9.89. The summed E-state index contributed by atoms with van der Waals surface area (Å²) in [4.78, 5) is 151. The van der Waals surface area contributed by atoms with Crippen molar-refractivity contribution in [3.8, 4) is 5.75 Å². The van der Waals surface area contributed by atoms with Gasteiger partial charge >= 0.3 is 41.9 Å². The summed E-state index contributed by atoms with van der Waals surface area (Å²) in [5, 5.41) is 16.0. The number of carbonyl (C=O) groups excluding carboxylic acids is 10.